The second kappa shape index (κ2) is 5.21. The van der Waals surface area contributed by atoms with Gasteiger partial charge in [0.2, 0.25) is 0 Å². The largest absolute Gasteiger partial charge is 0.465 e. The number of ether oxygens (including phenoxy) is 1. The van der Waals surface area contributed by atoms with Crippen molar-refractivity contribution in [2.75, 3.05) is 7.11 Å². The van der Waals surface area contributed by atoms with Gasteiger partial charge in [0.05, 0.1) is 12.7 Å². The molecule has 94 valence electrons. The van der Waals surface area contributed by atoms with E-state index in [2.05, 4.69) is 12.1 Å². The van der Waals surface area contributed by atoms with Crippen molar-refractivity contribution >= 4 is 5.97 Å². The van der Waals surface area contributed by atoms with Crippen LogP contribution in [0.3, 0.4) is 0 Å². The Morgan fingerprint density at radius 1 is 1.22 bits per heavy atom. The molecule has 0 bridgehead atoms. The maximum absolute atomic E-state index is 11.8. The van der Waals surface area contributed by atoms with Gasteiger partial charge in [0.25, 0.3) is 0 Å². The molecule has 1 unspecified atom stereocenters. The number of hydrogen-bond donors (Lipinski definition) is 0. The van der Waals surface area contributed by atoms with Crippen molar-refractivity contribution in [2.24, 2.45) is 0 Å². The van der Waals surface area contributed by atoms with Crippen molar-refractivity contribution in [2.45, 2.75) is 26.2 Å². The molecule has 1 atom stereocenters. The molecule has 0 saturated carbocycles. The van der Waals surface area contributed by atoms with Crippen LogP contribution < -0.4 is 0 Å². The average Bonchev–Trinajstić information content (AvgIpc) is 2.84. The van der Waals surface area contributed by atoms with Gasteiger partial charge in [-0.15, -0.1) is 0 Å². The first-order valence-corrected chi connectivity index (χ1v) is 6.15. The van der Waals surface area contributed by atoms with E-state index in [0.717, 1.165) is 17.6 Å². The molecular formula is C16H18O2. The Bertz CT molecular complexity index is 505. The number of benzene rings is 1. The number of esters is 1. The number of methoxy groups -OCH3 is 1. The summed E-state index contributed by atoms with van der Waals surface area (Å²) in [5.74, 6) is 0.0508. The zero-order valence-electron chi connectivity index (χ0n) is 11.1. The number of carbonyl (C=O) groups is 1. The Morgan fingerprint density at radius 3 is 2.44 bits per heavy atom. The summed E-state index contributed by atoms with van der Waals surface area (Å²) in [6.45, 7) is 4.08. The lowest BCUT2D eigenvalue weighted by atomic mass is 9.96. The molecule has 0 heterocycles. The normalized spacial score (nSPS) is 18.5. The van der Waals surface area contributed by atoms with E-state index in [1.54, 1.807) is 0 Å². The molecular weight excluding hydrogens is 224 g/mol. The lowest BCUT2D eigenvalue weighted by Gasteiger charge is -2.08. The molecule has 0 aliphatic heterocycles. The van der Waals surface area contributed by atoms with Crippen molar-refractivity contribution < 1.29 is 9.53 Å². The summed E-state index contributed by atoms with van der Waals surface area (Å²) in [6, 6.07) is 10.3. The highest BCUT2D eigenvalue weighted by atomic mass is 16.5. The molecule has 2 heteroatoms. The zero-order chi connectivity index (χ0) is 13.1. The molecule has 1 aromatic rings. The van der Waals surface area contributed by atoms with Crippen molar-refractivity contribution in [1.82, 2.24) is 0 Å². The second-order valence-electron chi connectivity index (χ2n) is 4.77. The Morgan fingerprint density at radius 2 is 1.89 bits per heavy atom. The Kier molecular flexibility index (Phi) is 3.66. The average molecular weight is 242 g/mol. The molecule has 0 fully saturated rings. The quantitative estimate of drug-likeness (QED) is 0.740. The Balaban J connectivity index is 2.37. The van der Waals surface area contributed by atoms with Crippen LogP contribution in [0.1, 0.15) is 31.7 Å². The molecule has 2 rings (SSSR count). The lowest BCUT2D eigenvalue weighted by molar-refractivity contribution is -0.135. The topological polar surface area (TPSA) is 26.3 Å². The van der Waals surface area contributed by atoms with Gasteiger partial charge in [0.15, 0.2) is 0 Å². The molecule has 0 radical (unpaired) electrons. The fourth-order valence-electron chi connectivity index (χ4n) is 2.38. The summed E-state index contributed by atoms with van der Waals surface area (Å²) in [5, 5.41) is 0. The van der Waals surface area contributed by atoms with Gasteiger partial charge in [-0.25, -0.2) is 4.79 Å². The van der Waals surface area contributed by atoms with Crippen LogP contribution in [0.2, 0.25) is 0 Å². The maximum atomic E-state index is 11.8. The van der Waals surface area contributed by atoms with E-state index < -0.39 is 0 Å². The minimum absolute atomic E-state index is 0.232. The summed E-state index contributed by atoms with van der Waals surface area (Å²) in [5.41, 5.74) is 4.28. The number of rotatable bonds is 2. The van der Waals surface area contributed by atoms with Crippen LogP contribution in [0, 0.1) is 0 Å². The van der Waals surface area contributed by atoms with Crippen molar-refractivity contribution in [3.05, 3.63) is 58.7 Å². The predicted octanol–water partition coefficient (Wildman–Crippen LogP) is 3.61. The van der Waals surface area contributed by atoms with Crippen LogP contribution in [0.25, 0.3) is 0 Å². The third kappa shape index (κ3) is 2.37. The number of allylic oxidation sites excluding steroid dienone is 2. The molecule has 0 saturated heterocycles. The van der Waals surface area contributed by atoms with Gasteiger partial charge < -0.3 is 4.74 Å². The van der Waals surface area contributed by atoms with Crippen molar-refractivity contribution in [3.63, 3.8) is 0 Å². The Hall–Kier alpha value is -1.83. The van der Waals surface area contributed by atoms with Crippen LogP contribution in [-0.4, -0.2) is 13.1 Å². The smallest absolute Gasteiger partial charge is 0.337 e. The first-order chi connectivity index (χ1) is 8.63. The standard InChI is InChI=1S/C16H18O2/c1-11(2)14-9-13(10-15(14)16(17)18-3)12-7-5-4-6-8-12/h4-8,10,13H,9H2,1-3H3. The van der Waals surface area contributed by atoms with E-state index >= 15 is 0 Å². The van der Waals surface area contributed by atoms with E-state index in [-0.39, 0.29) is 11.9 Å². The van der Waals surface area contributed by atoms with E-state index in [9.17, 15) is 4.79 Å². The molecule has 0 spiro atoms. The van der Waals surface area contributed by atoms with Gasteiger partial charge in [-0.05, 0) is 31.4 Å². The summed E-state index contributed by atoms with van der Waals surface area (Å²) >= 11 is 0. The van der Waals surface area contributed by atoms with Gasteiger partial charge in [-0.3, -0.25) is 0 Å². The summed E-state index contributed by atoms with van der Waals surface area (Å²) in [7, 11) is 1.43. The SMILES string of the molecule is COC(=O)C1=CC(c2ccccc2)CC1=C(C)C. The highest BCUT2D eigenvalue weighted by Crippen LogP contribution is 2.38. The summed E-state index contributed by atoms with van der Waals surface area (Å²) in [4.78, 5) is 11.8. The van der Waals surface area contributed by atoms with Crippen molar-refractivity contribution in [3.8, 4) is 0 Å². The van der Waals surface area contributed by atoms with E-state index in [1.165, 1.54) is 18.2 Å². The minimum Gasteiger partial charge on any atom is -0.465 e. The van der Waals surface area contributed by atoms with E-state index in [1.807, 2.05) is 38.1 Å². The zero-order valence-corrected chi connectivity index (χ0v) is 11.1. The third-order valence-corrected chi connectivity index (χ3v) is 3.35. The minimum atomic E-state index is -0.232. The van der Waals surface area contributed by atoms with Gasteiger partial charge in [0, 0.05) is 5.92 Å². The fourth-order valence-corrected chi connectivity index (χ4v) is 2.38. The van der Waals surface area contributed by atoms with Gasteiger partial charge in [-0.2, -0.15) is 0 Å². The van der Waals surface area contributed by atoms with Gasteiger partial charge >= 0.3 is 5.97 Å². The third-order valence-electron chi connectivity index (χ3n) is 3.35. The number of hydrogen-bond acceptors (Lipinski definition) is 2. The van der Waals surface area contributed by atoms with Crippen LogP contribution in [0.15, 0.2) is 53.1 Å². The van der Waals surface area contributed by atoms with Crippen LogP contribution in [-0.2, 0) is 9.53 Å². The number of carbonyl (C=O) groups excluding carboxylic acids is 1. The maximum Gasteiger partial charge on any atom is 0.337 e. The molecule has 0 N–H and O–H groups in total. The second-order valence-corrected chi connectivity index (χ2v) is 4.77. The van der Waals surface area contributed by atoms with E-state index in [4.69, 9.17) is 4.74 Å². The monoisotopic (exact) mass is 242 g/mol. The lowest BCUT2D eigenvalue weighted by Crippen LogP contribution is -2.05. The van der Waals surface area contributed by atoms with Crippen molar-refractivity contribution in [1.29, 1.82) is 0 Å². The predicted molar refractivity (Wildman–Crippen MR) is 72.3 cm³/mol. The molecule has 1 aliphatic rings. The molecule has 0 amide bonds. The Labute approximate surface area is 108 Å². The van der Waals surface area contributed by atoms with Crippen LogP contribution in [0.4, 0.5) is 0 Å². The molecule has 1 aromatic carbocycles. The molecule has 18 heavy (non-hydrogen) atoms. The first-order valence-electron chi connectivity index (χ1n) is 6.15. The fraction of sp³-hybridized carbons (Fsp3) is 0.312. The molecule has 1 aliphatic carbocycles. The van der Waals surface area contributed by atoms with Gasteiger partial charge in [-0.1, -0.05) is 42.0 Å². The highest BCUT2D eigenvalue weighted by Gasteiger charge is 2.27. The van der Waals surface area contributed by atoms with Crippen LogP contribution >= 0.6 is 0 Å². The first kappa shape index (κ1) is 12.6. The van der Waals surface area contributed by atoms with Crippen LogP contribution in [0.5, 0.6) is 0 Å². The summed E-state index contributed by atoms with van der Waals surface area (Å²) in [6.07, 6.45) is 2.92. The van der Waals surface area contributed by atoms with Gasteiger partial charge in [0.1, 0.15) is 0 Å². The van der Waals surface area contributed by atoms with E-state index in [0.29, 0.717) is 0 Å². The highest BCUT2D eigenvalue weighted by molar-refractivity contribution is 5.94. The summed E-state index contributed by atoms with van der Waals surface area (Å²) < 4.78 is 4.86. The molecule has 2 nitrogen and oxygen atoms in total. The molecule has 0 aromatic heterocycles.